The van der Waals surface area contributed by atoms with Crippen molar-refractivity contribution in [2.75, 3.05) is 6.54 Å². The number of hydrogen-bond donors (Lipinski definition) is 2. The maximum absolute atomic E-state index is 12.1. The third kappa shape index (κ3) is 4.88. The molecule has 4 heteroatoms. The Morgan fingerprint density at radius 1 is 1.38 bits per heavy atom. The number of nitrogens with zero attached hydrogens (tertiary/aromatic N) is 1. The average molecular weight is 291 g/mol. The topological polar surface area (TPSA) is 46.1 Å². The van der Waals surface area contributed by atoms with Crippen LogP contribution in [-0.2, 0) is 11.3 Å². The van der Waals surface area contributed by atoms with Crippen molar-refractivity contribution < 1.29 is 4.79 Å². The first-order chi connectivity index (χ1) is 10.2. The van der Waals surface area contributed by atoms with Gasteiger partial charge in [0.1, 0.15) is 6.54 Å². The number of hydrogen-bond acceptors (Lipinski definition) is 2. The van der Waals surface area contributed by atoms with Gasteiger partial charge in [-0.05, 0) is 37.4 Å². The van der Waals surface area contributed by atoms with Crippen LogP contribution in [-0.4, -0.2) is 23.1 Å². The highest BCUT2D eigenvalue weighted by molar-refractivity contribution is 5.76. The molecule has 118 valence electrons. The third-order valence-corrected chi connectivity index (χ3v) is 4.25. The number of amides is 1. The van der Waals surface area contributed by atoms with Gasteiger partial charge in [0.2, 0.25) is 5.91 Å². The molecule has 1 fully saturated rings. The van der Waals surface area contributed by atoms with E-state index in [1.165, 1.54) is 18.4 Å². The molecule has 4 nitrogen and oxygen atoms in total. The lowest BCUT2D eigenvalue weighted by atomic mass is 10.1. The molecule has 0 spiro atoms. The Kier molecular flexibility index (Phi) is 6.30. The van der Waals surface area contributed by atoms with Gasteiger partial charge < -0.3 is 15.2 Å². The molecular weight excluding hydrogens is 262 g/mol. The first-order valence-corrected chi connectivity index (χ1v) is 8.41. The van der Waals surface area contributed by atoms with Gasteiger partial charge in [0.05, 0.1) is 0 Å². The summed E-state index contributed by atoms with van der Waals surface area (Å²) in [7, 11) is 0. The van der Waals surface area contributed by atoms with E-state index in [4.69, 9.17) is 0 Å². The first-order valence-electron chi connectivity index (χ1n) is 8.41. The van der Waals surface area contributed by atoms with Gasteiger partial charge in [-0.1, -0.05) is 33.1 Å². The largest absolute Gasteiger partial charge is 0.352 e. The molecular formula is C17H29N3O. The minimum atomic E-state index is 0.138. The smallest absolute Gasteiger partial charge is 0.240 e. The Morgan fingerprint density at radius 2 is 2.14 bits per heavy atom. The molecule has 0 aromatic carbocycles. The Hall–Kier alpha value is -1.29. The van der Waals surface area contributed by atoms with E-state index >= 15 is 0 Å². The van der Waals surface area contributed by atoms with E-state index in [2.05, 4.69) is 36.7 Å². The van der Waals surface area contributed by atoms with Crippen LogP contribution >= 0.6 is 0 Å². The van der Waals surface area contributed by atoms with Crippen LogP contribution < -0.4 is 10.6 Å². The third-order valence-electron chi connectivity index (χ3n) is 4.25. The fourth-order valence-corrected chi connectivity index (χ4v) is 3.19. The highest BCUT2D eigenvalue weighted by Crippen LogP contribution is 2.19. The summed E-state index contributed by atoms with van der Waals surface area (Å²) in [6.45, 7) is 5.74. The van der Waals surface area contributed by atoms with Crippen molar-refractivity contribution in [2.24, 2.45) is 0 Å². The lowest BCUT2D eigenvalue weighted by Gasteiger charge is -2.15. The summed E-state index contributed by atoms with van der Waals surface area (Å²) in [4.78, 5) is 12.1. The maximum atomic E-state index is 12.1. The molecule has 1 aliphatic carbocycles. The minimum absolute atomic E-state index is 0.138. The molecule has 1 aromatic rings. The zero-order valence-corrected chi connectivity index (χ0v) is 13.4. The second kappa shape index (κ2) is 8.23. The van der Waals surface area contributed by atoms with Crippen molar-refractivity contribution in [2.45, 2.75) is 71.0 Å². The lowest BCUT2D eigenvalue weighted by Crippen LogP contribution is -2.34. The summed E-state index contributed by atoms with van der Waals surface area (Å²) in [5, 5.41) is 6.65. The highest BCUT2D eigenvalue weighted by Gasteiger charge is 2.17. The van der Waals surface area contributed by atoms with Crippen LogP contribution in [0, 0.1) is 0 Å². The molecule has 2 N–H and O–H groups in total. The van der Waals surface area contributed by atoms with Crippen molar-refractivity contribution in [1.29, 1.82) is 0 Å². The van der Waals surface area contributed by atoms with E-state index in [0.717, 1.165) is 32.2 Å². The molecule has 1 unspecified atom stereocenters. The molecule has 1 aromatic heterocycles. The fourth-order valence-electron chi connectivity index (χ4n) is 3.19. The number of carbonyl (C=O) groups is 1. The number of rotatable bonds is 8. The summed E-state index contributed by atoms with van der Waals surface area (Å²) < 4.78 is 2.00. The molecule has 2 rings (SSSR count). The maximum Gasteiger partial charge on any atom is 0.240 e. The van der Waals surface area contributed by atoms with E-state index in [0.29, 0.717) is 18.6 Å². The summed E-state index contributed by atoms with van der Waals surface area (Å²) >= 11 is 0. The zero-order chi connectivity index (χ0) is 15.1. The zero-order valence-electron chi connectivity index (χ0n) is 13.4. The molecule has 1 amide bonds. The summed E-state index contributed by atoms with van der Waals surface area (Å²) in [5.41, 5.74) is 1.28. The van der Waals surface area contributed by atoms with E-state index in [1.54, 1.807) is 0 Å². The van der Waals surface area contributed by atoms with Crippen LogP contribution in [0.25, 0.3) is 0 Å². The van der Waals surface area contributed by atoms with Crippen LogP contribution in [0.3, 0.4) is 0 Å². The van der Waals surface area contributed by atoms with Crippen molar-refractivity contribution in [3.05, 3.63) is 24.0 Å². The second-order valence-corrected chi connectivity index (χ2v) is 6.07. The molecule has 1 aliphatic rings. The minimum Gasteiger partial charge on any atom is -0.352 e. The molecule has 1 heterocycles. The molecule has 1 saturated carbocycles. The molecule has 21 heavy (non-hydrogen) atoms. The van der Waals surface area contributed by atoms with E-state index < -0.39 is 0 Å². The van der Waals surface area contributed by atoms with Crippen molar-refractivity contribution in [1.82, 2.24) is 15.2 Å². The standard InChI is InChI=1S/C17H29N3O/c1-3-7-16(18-4-2)14-10-11-20(12-14)13-17(21)19-15-8-5-6-9-15/h10-12,15-16,18H,3-9,13H2,1-2H3,(H,19,21). The Balaban J connectivity index is 1.87. The Labute approximate surface area is 128 Å². The average Bonchev–Trinajstić information content (AvgIpc) is 3.10. The van der Waals surface area contributed by atoms with E-state index in [-0.39, 0.29) is 5.91 Å². The van der Waals surface area contributed by atoms with Crippen molar-refractivity contribution in [3.63, 3.8) is 0 Å². The number of nitrogens with one attached hydrogen (secondary N) is 2. The van der Waals surface area contributed by atoms with Gasteiger partial charge in [0, 0.05) is 24.5 Å². The van der Waals surface area contributed by atoms with Crippen LogP contribution in [0.4, 0.5) is 0 Å². The molecule has 0 aliphatic heterocycles. The molecule has 0 radical (unpaired) electrons. The van der Waals surface area contributed by atoms with Gasteiger partial charge in [-0.15, -0.1) is 0 Å². The van der Waals surface area contributed by atoms with E-state index in [1.807, 2.05) is 10.8 Å². The van der Waals surface area contributed by atoms with Gasteiger partial charge in [0.15, 0.2) is 0 Å². The Bertz CT molecular complexity index is 429. The molecule has 1 atom stereocenters. The monoisotopic (exact) mass is 291 g/mol. The highest BCUT2D eigenvalue weighted by atomic mass is 16.2. The summed E-state index contributed by atoms with van der Waals surface area (Å²) in [6, 6.07) is 2.94. The molecule has 0 bridgehead atoms. The Morgan fingerprint density at radius 3 is 2.81 bits per heavy atom. The number of carbonyl (C=O) groups excluding carboxylic acids is 1. The van der Waals surface area contributed by atoms with Gasteiger partial charge in [0.25, 0.3) is 0 Å². The normalized spacial score (nSPS) is 17.0. The SMILES string of the molecule is CCCC(NCC)c1ccn(CC(=O)NC2CCCC2)c1. The van der Waals surface area contributed by atoms with Crippen molar-refractivity contribution in [3.8, 4) is 0 Å². The number of aromatic nitrogens is 1. The van der Waals surface area contributed by atoms with Gasteiger partial charge in [-0.2, -0.15) is 0 Å². The van der Waals surface area contributed by atoms with Crippen LogP contribution in [0.1, 0.15) is 64.0 Å². The van der Waals surface area contributed by atoms with E-state index in [9.17, 15) is 4.79 Å². The molecule has 0 saturated heterocycles. The van der Waals surface area contributed by atoms with Gasteiger partial charge in [-0.25, -0.2) is 0 Å². The quantitative estimate of drug-likeness (QED) is 0.773. The van der Waals surface area contributed by atoms with Crippen LogP contribution in [0.2, 0.25) is 0 Å². The van der Waals surface area contributed by atoms with Crippen molar-refractivity contribution >= 4 is 5.91 Å². The van der Waals surface area contributed by atoms with Crippen LogP contribution in [0.15, 0.2) is 18.5 Å². The summed E-state index contributed by atoms with van der Waals surface area (Å²) in [5.74, 6) is 0.138. The van der Waals surface area contributed by atoms with Gasteiger partial charge >= 0.3 is 0 Å². The predicted molar refractivity (Wildman–Crippen MR) is 86.2 cm³/mol. The predicted octanol–water partition coefficient (Wildman–Crippen LogP) is 3.00. The summed E-state index contributed by atoms with van der Waals surface area (Å²) in [6.07, 6.45) is 11.2. The lowest BCUT2D eigenvalue weighted by molar-refractivity contribution is -0.122. The first kappa shape index (κ1) is 16.1. The van der Waals surface area contributed by atoms with Crippen LogP contribution in [0.5, 0.6) is 0 Å². The second-order valence-electron chi connectivity index (χ2n) is 6.07. The fraction of sp³-hybridized carbons (Fsp3) is 0.706. The van der Waals surface area contributed by atoms with Gasteiger partial charge in [-0.3, -0.25) is 4.79 Å².